The highest BCUT2D eigenvalue weighted by Gasteiger charge is 2.44. The van der Waals surface area contributed by atoms with E-state index in [1.165, 1.54) is 18.2 Å². The number of nitrogens with one attached hydrogen (secondary N) is 1. The smallest absolute Gasteiger partial charge is 0.416 e. The molecule has 3 unspecified atom stereocenters. The van der Waals surface area contributed by atoms with Gasteiger partial charge in [-0.1, -0.05) is 24.3 Å². The number of hydrogen-bond acceptors (Lipinski definition) is 6. The van der Waals surface area contributed by atoms with Crippen LogP contribution in [0.25, 0.3) is 0 Å². The summed E-state index contributed by atoms with van der Waals surface area (Å²) in [6.45, 7) is 7.04. The molecule has 1 aromatic rings. The van der Waals surface area contributed by atoms with Crippen LogP contribution in [0.1, 0.15) is 64.0 Å². The fourth-order valence-corrected chi connectivity index (χ4v) is 5.24. The van der Waals surface area contributed by atoms with E-state index in [0.29, 0.717) is 11.4 Å². The Morgan fingerprint density at radius 2 is 1.44 bits per heavy atom. The number of carbonyl (C=O) groups is 3. The molecule has 1 aliphatic heterocycles. The van der Waals surface area contributed by atoms with Gasteiger partial charge in [0.15, 0.2) is 5.78 Å². The Labute approximate surface area is 208 Å². The first-order valence-electron chi connectivity index (χ1n) is 12.2. The van der Waals surface area contributed by atoms with Crippen molar-refractivity contribution < 1.29 is 37.0 Å². The number of halogens is 3. The molecule has 0 saturated heterocycles. The lowest BCUT2D eigenvalue weighted by Crippen LogP contribution is -2.38. The quantitative estimate of drug-likeness (QED) is 0.505. The Hall–Kier alpha value is -3.10. The number of esters is 2. The molecule has 0 bridgehead atoms. The third-order valence-corrected chi connectivity index (χ3v) is 6.70. The van der Waals surface area contributed by atoms with E-state index in [9.17, 15) is 27.6 Å². The number of benzene rings is 1. The van der Waals surface area contributed by atoms with Crippen LogP contribution in [0.3, 0.4) is 0 Å². The second-order valence-corrected chi connectivity index (χ2v) is 9.24. The Morgan fingerprint density at radius 1 is 0.917 bits per heavy atom. The highest BCUT2D eigenvalue weighted by atomic mass is 19.4. The summed E-state index contributed by atoms with van der Waals surface area (Å²) in [5, 5.41) is 3.07. The standard InChI is InChI=1S/C27H32F3NO5/c1-5-35-25(33)18-12-17(13-19(14-18)26(34)36-6-2)24(32)23-16(4)31-15(3)11-21(23)20-9-7-8-10-22(20)27(28,29)30/h7-11,17-19,21,31H,5-6,12-14H2,1-4H3. The Bertz CT molecular complexity index is 1050. The van der Waals surface area contributed by atoms with Crippen molar-refractivity contribution in [2.45, 2.75) is 59.1 Å². The monoisotopic (exact) mass is 507 g/mol. The van der Waals surface area contributed by atoms with Crippen LogP contribution in [0, 0.1) is 17.8 Å². The first kappa shape index (κ1) is 27.5. The van der Waals surface area contributed by atoms with Gasteiger partial charge in [-0.25, -0.2) is 0 Å². The maximum atomic E-state index is 14.0. The minimum absolute atomic E-state index is 0.0201. The highest BCUT2D eigenvalue weighted by Crippen LogP contribution is 2.44. The molecule has 1 heterocycles. The predicted octanol–water partition coefficient (Wildman–Crippen LogP) is 5.30. The van der Waals surface area contributed by atoms with Gasteiger partial charge in [-0.2, -0.15) is 13.2 Å². The van der Waals surface area contributed by atoms with Gasteiger partial charge in [-0.15, -0.1) is 0 Å². The van der Waals surface area contributed by atoms with Crippen LogP contribution in [-0.2, 0) is 30.0 Å². The average Bonchev–Trinajstić information content (AvgIpc) is 2.82. The van der Waals surface area contributed by atoms with Crippen molar-refractivity contribution in [3.05, 3.63) is 58.4 Å². The van der Waals surface area contributed by atoms with Crippen molar-refractivity contribution in [3.8, 4) is 0 Å². The molecule has 1 fully saturated rings. The third kappa shape index (κ3) is 5.99. The molecule has 0 radical (unpaired) electrons. The lowest BCUT2D eigenvalue weighted by Gasteiger charge is -2.35. The number of dihydropyridines is 1. The SMILES string of the molecule is CCOC(=O)C1CC(C(=O)OCC)CC(C(=O)C2=C(C)NC(C)=CC2c2ccccc2C(F)(F)F)C1. The second-order valence-electron chi connectivity index (χ2n) is 9.24. The molecule has 1 aliphatic carbocycles. The lowest BCUT2D eigenvalue weighted by atomic mass is 9.70. The zero-order chi connectivity index (χ0) is 26.6. The minimum Gasteiger partial charge on any atom is -0.466 e. The van der Waals surface area contributed by atoms with Gasteiger partial charge in [0.05, 0.1) is 30.6 Å². The number of carbonyl (C=O) groups excluding carboxylic acids is 3. The fourth-order valence-electron chi connectivity index (χ4n) is 5.24. The molecule has 0 spiro atoms. The lowest BCUT2D eigenvalue weighted by molar-refractivity contribution is -0.156. The molecule has 196 valence electrons. The number of rotatable bonds is 7. The van der Waals surface area contributed by atoms with E-state index in [1.807, 2.05) is 0 Å². The third-order valence-electron chi connectivity index (χ3n) is 6.70. The zero-order valence-electron chi connectivity index (χ0n) is 20.9. The first-order chi connectivity index (χ1) is 17.0. The van der Waals surface area contributed by atoms with E-state index < -0.39 is 47.3 Å². The van der Waals surface area contributed by atoms with Crippen LogP contribution in [-0.4, -0.2) is 30.9 Å². The molecule has 36 heavy (non-hydrogen) atoms. The van der Waals surface area contributed by atoms with Gasteiger partial charge in [-0.3, -0.25) is 14.4 Å². The Kier molecular flexibility index (Phi) is 8.63. The van der Waals surface area contributed by atoms with Gasteiger partial charge < -0.3 is 14.8 Å². The molecule has 1 saturated carbocycles. The van der Waals surface area contributed by atoms with Crippen LogP contribution in [0.5, 0.6) is 0 Å². The topological polar surface area (TPSA) is 81.7 Å². The van der Waals surface area contributed by atoms with Crippen molar-refractivity contribution in [2.24, 2.45) is 17.8 Å². The van der Waals surface area contributed by atoms with Gasteiger partial charge in [0, 0.05) is 28.8 Å². The Balaban J connectivity index is 2.02. The summed E-state index contributed by atoms with van der Waals surface area (Å²) in [4.78, 5) is 39.1. The predicted molar refractivity (Wildman–Crippen MR) is 126 cm³/mol. The van der Waals surface area contributed by atoms with E-state index in [1.54, 1.807) is 33.8 Å². The molecule has 9 heteroatoms. The molecule has 1 N–H and O–H groups in total. The number of Topliss-reactive ketones (excluding diaryl/α,β-unsaturated/α-hetero) is 1. The summed E-state index contributed by atoms with van der Waals surface area (Å²) in [5.74, 6) is -4.41. The van der Waals surface area contributed by atoms with Crippen molar-refractivity contribution in [1.29, 1.82) is 0 Å². The first-order valence-corrected chi connectivity index (χ1v) is 12.2. The zero-order valence-corrected chi connectivity index (χ0v) is 20.9. The van der Waals surface area contributed by atoms with Crippen LogP contribution in [0.15, 0.2) is 47.3 Å². The number of ether oxygens (including phenoxy) is 2. The summed E-state index contributed by atoms with van der Waals surface area (Å²) in [6.07, 6.45) is -2.47. The number of ketones is 1. The molecule has 0 aromatic heterocycles. The summed E-state index contributed by atoms with van der Waals surface area (Å²) in [5.41, 5.74) is 0.454. The van der Waals surface area contributed by atoms with E-state index in [-0.39, 0.29) is 49.4 Å². The van der Waals surface area contributed by atoms with E-state index in [4.69, 9.17) is 9.47 Å². The van der Waals surface area contributed by atoms with Gasteiger partial charge >= 0.3 is 18.1 Å². The van der Waals surface area contributed by atoms with Crippen molar-refractivity contribution in [3.63, 3.8) is 0 Å². The van der Waals surface area contributed by atoms with Crippen molar-refractivity contribution in [1.82, 2.24) is 5.32 Å². The summed E-state index contributed by atoms with van der Waals surface area (Å²) < 4.78 is 51.9. The van der Waals surface area contributed by atoms with Gasteiger partial charge in [0.1, 0.15) is 0 Å². The van der Waals surface area contributed by atoms with Crippen LogP contribution >= 0.6 is 0 Å². The molecule has 2 aliphatic rings. The number of hydrogen-bond donors (Lipinski definition) is 1. The summed E-state index contributed by atoms with van der Waals surface area (Å²) in [7, 11) is 0. The minimum atomic E-state index is -4.60. The van der Waals surface area contributed by atoms with Gasteiger partial charge in [0.2, 0.25) is 0 Å². The van der Waals surface area contributed by atoms with Crippen LogP contribution < -0.4 is 5.32 Å². The molecule has 1 aromatic carbocycles. The maximum Gasteiger partial charge on any atom is 0.416 e. The summed E-state index contributed by atoms with van der Waals surface area (Å²) in [6, 6.07) is 5.22. The van der Waals surface area contributed by atoms with Crippen molar-refractivity contribution >= 4 is 17.7 Å². The highest BCUT2D eigenvalue weighted by molar-refractivity contribution is 6.00. The molecule has 3 rings (SSSR count). The maximum absolute atomic E-state index is 14.0. The fraction of sp³-hybridized carbons (Fsp3) is 0.519. The van der Waals surface area contributed by atoms with E-state index >= 15 is 0 Å². The largest absolute Gasteiger partial charge is 0.466 e. The van der Waals surface area contributed by atoms with Crippen LogP contribution in [0.2, 0.25) is 0 Å². The van der Waals surface area contributed by atoms with Gasteiger partial charge in [-0.05, 0) is 58.6 Å². The molecule has 0 amide bonds. The molecule has 6 nitrogen and oxygen atoms in total. The number of allylic oxidation sites excluding steroid dienone is 4. The normalized spacial score (nSPS) is 24.5. The van der Waals surface area contributed by atoms with Crippen molar-refractivity contribution in [2.75, 3.05) is 13.2 Å². The number of alkyl halides is 3. The summed E-state index contributed by atoms with van der Waals surface area (Å²) >= 11 is 0. The van der Waals surface area contributed by atoms with Gasteiger partial charge in [0.25, 0.3) is 0 Å². The second kappa shape index (κ2) is 11.3. The molecular weight excluding hydrogens is 475 g/mol. The van der Waals surface area contributed by atoms with E-state index in [0.717, 1.165) is 6.07 Å². The molecular formula is C27H32F3NO5. The average molecular weight is 508 g/mol. The van der Waals surface area contributed by atoms with E-state index in [2.05, 4.69) is 5.32 Å². The Morgan fingerprint density at radius 3 is 1.97 bits per heavy atom. The molecule has 3 atom stereocenters. The van der Waals surface area contributed by atoms with Crippen LogP contribution in [0.4, 0.5) is 13.2 Å².